The van der Waals surface area contributed by atoms with Gasteiger partial charge in [0.1, 0.15) is 0 Å². The van der Waals surface area contributed by atoms with Crippen molar-refractivity contribution in [3.8, 4) is 0 Å². The Hall–Kier alpha value is -1.77. The molecule has 9 heteroatoms. The lowest BCUT2D eigenvalue weighted by Gasteiger charge is -2.03. The Kier molecular flexibility index (Phi) is 3.94. The predicted molar refractivity (Wildman–Crippen MR) is 61.1 cm³/mol. The summed E-state index contributed by atoms with van der Waals surface area (Å²) < 4.78 is 38.4. The van der Waals surface area contributed by atoms with Crippen molar-refractivity contribution in [1.82, 2.24) is 0 Å². The van der Waals surface area contributed by atoms with Gasteiger partial charge in [0, 0.05) is 6.07 Å². The monoisotopic (exact) mass is 309 g/mol. The van der Waals surface area contributed by atoms with Gasteiger partial charge < -0.3 is 17.2 Å². The van der Waals surface area contributed by atoms with Crippen LogP contribution in [0.2, 0.25) is 0 Å². The quantitative estimate of drug-likeness (QED) is 0.313. The van der Waals surface area contributed by atoms with Crippen LogP contribution in [0.3, 0.4) is 0 Å². The Bertz CT molecular complexity index is 510. The molecule has 1 aromatic rings. The van der Waals surface area contributed by atoms with Crippen molar-refractivity contribution in [3.63, 3.8) is 0 Å². The van der Waals surface area contributed by atoms with Crippen LogP contribution in [0.15, 0.2) is 20.5 Å². The highest BCUT2D eigenvalue weighted by atomic mass is 79.9. The molecule has 0 saturated heterocycles. The molecule has 0 aliphatic heterocycles. The summed E-state index contributed by atoms with van der Waals surface area (Å²) in [4.78, 5) is 6.85. The lowest BCUT2D eigenvalue weighted by Crippen LogP contribution is -2.26. The number of benzene rings is 1. The van der Waals surface area contributed by atoms with Crippen molar-refractivity contribution in [1.29, 1.82) is 0 Å². The van der Waals surface area contributed by atoms with Gasteiger partial charge in [0.25, 0.3) is 0 Å². The van der Waals surface area contributed by atoms with E-state index in [1.165, 1.54) is 0 Å². The van der Waals surface area contributed by atoms with E-state index in [2.05, 4.69) is 25.9 Å². The number of nitrogens with two attached hydrogens (primary N) is 3. The number of rotatable bonds is 1. The van der Waals surface area contributed by atoms with Crippen molar-refractivity contribution >= 4 is 33.5 Å². The minimum Gasteiger partial charge on any atom is -0.370 e. The number of guanidine groups is 2. The van der Waals surface area contributed by atoms with Gasteiger partial charge in [-0.3, -0.25) is 0 Å². The number of hydrogen-bond acceptors (Lipinski definition) is 1. The third-order valence-corrected chi connectivity index (χ3v) is 2.32. The first-order chi connectivity index (χ1) is 7.82. The molecule has 0 fully saturated rings. The molecular weight excluding hydrogens is 303 g/mol. The summed E-state index contributed by atoms with van der Waals surface area (Å²) in [6.45, 7) is 0. The van der Waals surface area contributed by atoms with E-state index in [0.717, 1.165) is 0 Å². The van der Waals surface area contributed by atoms with Crippen molar-refractivity contribution in [3.05, 3.63) is 28.0 Å². The van der Waals surface area contributed by atoms with Gasteiger partial charge in [-0.15, -0.1) is 0 Å². The van der Waals surface area contributed by atoms with Gasteiger partial charge in [-0.2, -0.15) is 4.99 Å². The fourth-order valence-corrected chi connectivity index (χ4v) is 1.30. The standard InChI is InChI=1S/C8H7BrF3N5/c9-4-3(16-8(15)17-7(13)14)1-2(10)5(11)6(4)12/h1H,(H6,13,14,15,16,17). The SMILES string of the molecule is NC(N)=NC(N)=Nc1cc(F)c(F)c(F)c1Br. The van der Waals surface area contributed by atoms with E-state index in [1.54, 1.807) is 0 Å². The Morgan fingerprint density at radius 3 is 2.24 bits per heavy atom. The van der Waals surface area contributed by atoms with Crippen LogP contribution in [0.25, 0.3) is 0 Å². The highest BCUT2D eigenvalue weighted by molar-refractivity contribution is 9.10. The molecule has 0 heterocycles. The number of aliphatic imine (C=N–C) groups is 2. The summed E-state index contributed by atoms with van der Waals surface area (Å²) >= 11 is 2.70. The molecule has 17 heavy (non-hydrogen) atoms. The Labute approximate surface area is 102 Å². The van der Waals surface area contributed by atoms with Gasteiger partial charge in [0.2, 0.25) is 5.96 Å². The summed E-state index contributed by atoms with van der Waals surface area (Å²) in [6, 6.07) is 0.650. The molecule has 0 atom stereocenters. The molecule has 1 aromatic carbocycles. The molecule has 1 rings (SSSR count). The summed E-state index contributed by atoms with van der Waals surface area (Å²) in [5.41, 5.74) is 15.0. The molecule has 0 unspecified atom stereocenters. The summed E-state index contributed by atoms with van der Waals surface area (Å²) in [5, 5.41) is 0. The Morgan fingerprint density at radius 2 is 1.71 bits per heavy atom. The minimum absolute atomic E-state index is 0.274. The van der Waals surface area contributed by atoms with Crippen LogP contribution in [-0.2, 0) is 0 Å². The summed E-state index contributed by atoms with van der Waals surface area (Å²) in [5.74, 6) is -5.22. The van der Waals surface area contributed by atoms with Crippen molar-refractivity contribution < 1.29 is 13.2 Å². The summed E-state index contributed by atoms with van der Waals surface area (Å²) in [7, 11) is 0. The van der Waals surface area contributed by atoms with Crippen LogP contribution in [0, 0.1) is 17.5 Å². The second-order valence-electron chi connectivity index (χ2n) is 2.83. The highest BCUT2D eigenvalue weighted by Gasteiger charge is 2.16. The first kappa shape index (κ1) is 13.3. The minimum atomic E-state index is -1.61. The second kappa shape index (κ2) is 5.04. The van der Waals surface area contributed by atoms with Crippen molar-refractivity contribution in [2.75, 3.05) is 0 Å². The molecule has 0 amide bonds. The van der Waals surface area contributed by atoms with E-state index in [9.17, 15) is 13.2 Å². The van der Waals surface area contributed by atoms with Gasteiger partial charge in [-0.05, 0) is 15.9 Å². The predicted octanol–water partition coefficient (Wildman–Crippen LogP) is 1.09. The maximum atomic E-state index is 13.1. The van der Waals surface area contributed by atoms with Gasteiger partial charge in [0.15, 0.2) is 23.4 Å². The van der Waals surface area contributed by atoms with E-state index < -0.39 is 23.4 Å². The van der Waals surface area contributed by atoms with E-state index in [1.807, 2.05) is 0 Å². The molecule has 0 spiro atoms. The Morgan fingerprint density at radius 1 is 1.12 bits per heavy atom. The highest BCUT2D eigenvalue weighted by Crippen LogP contribution is 2.31. The molecule has 0 radical (unpaired) electrons. The largest absolute Gasteiger partial charge is 0.370 e. The number of halogens is 4. The first-order valence-corrected chi connectivity index (χ1v) is 4.89. The maximum absolute atomic E-state index is 13.1. The zero-order valence-corrected chi connectivity index (χ0v) is 9.80. The zero-order chi connectivity index (χ0) is 13.2. The topological polar surface area (TPSA) is 103 Å². The average molecular weight is 310 g/mol. The molecule has 0 aliphatic carbocycles. The fourth-order valence-electron chi connectivity index (χ4n) is 0.922. The van der Waals surface area contributed by atoms with Crippen LogP contribution in [0.5, 0.6) is 0 Å². The van der Waals surface area contributed by atoms with E-state index in [0.29, 0.717) is 6.07 Å². The third-order valence-electron chi connectivity index (χ3n) is 1.56. The van der Waals surface area contributed by atoms with Gasteiger partial charge in [-0.1, -0.05) is 0 Å². The van der Waals surface area contributed by atoms with Crippen LogP contribution in [-0.4, -0.2) is 11.9 Å². The van der Waals surface area contributed by atoms with E-state index in [4.69, 9.17) is 17.2 Å². The maximum Gasteiger partial charge on any atom is 0.223 e. The van der Waals surface area contributed by atoms with Crippen LogP contribution < -0.4 is 17.2 Å². The Balaban J connectivity index is 3.30. The fraction of sp³-hybridized carbons (Fsp3) is 0. The average Bonchev–Trinajstić information content (AvgIpc) is 2.21. The van der Waals surface area contributed by atoms with Crippen molar-refractivity contribution in [2.24, 2.45) is 27.2 Å². The van der Waals surface area contributed by atoms with E-state index >= 15 is 0 Å². The van der Waals surface area contributed by atoms with Gasteiger partial charge >= 0.3 is 0 Å². The van der Waals surface area contributed by atoms with E-state index in [-0.39, 0.29) is 16.1 Å². The lowest BCUT2D eigenvalue weighted by molar-refractivity contribution is 0.444. The normalized spacial score (nSPS) is 11.4. The molecule has 92 valence electrons. The first-order valence-electron chi connectivity index (χ1n) is 4.09. The zero-order valence-electron chi connectivity index (χ0n) is 8.22. The van der Waals surface area contributed by atoms with Gasteiger partial charge in [0.05, 0.1) is 10.2 Å². The van der Waals surface area contributed by atoms with Crippen LogP contribution in [0.4, 0.5) is 18.9 Å². The molecule has 0 aromatic heterocycles. The van der Waals surface area contributed by atoms with Crippen LogP contribution in [0.1, 0.15) is 0 Å². The molecular formula is C8H7BrF3N5. The lowest BCUT2D eigenvalue weighted by atomic mass is 10.3. The molecule has 0 saturated carbocycles. The summed E-state index contributed by atoms with van der Waals surface area (Å²) in [6.07, 6.45) is 0. The smallest absolute Gasteiger partial charge is 0.223 e. The van der Waals surface area contributed by atoms with Crippen LogP contribution >= 0.6 is 15.9 Å². The van der Waals surface area contributed by atoms with Gasteiger partial charge in [-0.25, -0.2) is 18.2 Å². The number of hydrogen-bond donors (Lipinski definition) is 3. The second-order valence-corrected chi connectivity index (χ2v) is 3.62. The molecule has 0 bridgehead atoms. The molecule has 5 nitrogen and oxygen atoms in total. The number of nitrogens with zero attached hydrogens (tertiary/aromatic N) is 2. The van der Waals surface area contributed by atoms with Crippen molar-refractivity contribution in [2.45, 2.75) is 0 Å². The third kappa shape index (κ3) is 3.09. The molecule has 6 N–H and O–H groups in total. The molecule has 0 aliphatic rings.